The van der Waals surface area contributed by atoms with Gasteiger partial charge < -0.3 is 15.3 Å². The van der Waals surface area contributed by atoms with Crippen LogP contribution >= 0.6 is 11.3 Å². The minimum absolute atomic E-state index is 0.000625. The zero-order chi connectivity index (χ0) is 12.0. The van der Waals surface area contributed by atoms with Crippen molar-refractivity contribution < 1.29 is 9.90 Å². The molecule has 5 heteroatoms. The van der Waals surface area contributed by atoms with Crippen molar-refractivity contribution in [1.29, 1.82) is 0 Å². The maximum absolute atomic E-state index is 11.7. The van der Waals surface area contributed by atoms with E-state index in [2.05, 4.69) is 5.32 Å². The van der Waals surface area contributed by atoms with Gasteiger partial charge in [-0.2, -0.15) is 0 Å². The highest BCUT2D eigenvalue weighted by Gasteiger charge is 2.10. The number of rotatable bonds is 5. The Morgan fingerprint density at radius 2 is 2.31 bits per heavy atom. The molecule has 2 amide bonds. The number of hydrogen-bond donors (Lipinski definition) is 2. The summed E-state index contributed by atoms with van der Waals surface area (Å²) in [5.41, 5.74) is 0. The molecule has 0 bridgehead atoms. The van der Waals surface area contributed by atoms with Gasteiger partial charge in [0.15, 0.2) is 0 Å². The van der Waals surface area contributed by atoms with Gasteiger partial charge >= 0.3 is 6.03 Å². The molecule has 4 nitrogen and oxygen atoms in total. The van der Waals surface area contributed by atoms with E-state index < -0.39 is 0 Å². The van der Waals surface area contributed by atoms with E-state index in [0.29, 0.717) is 19.6 Å². The number of nitrogens with one attached hydrogen (secondary N) is 1. The molecule has 1 heterocycles. The summed E-state index contributed by atoms with van der Waals surface area (Å²) in [5.74, 6) is 0. The van der Waals surface area contributed by atoms with Crippen LogP contribution in [0.25, 0.3) is 0 Å². The first-order chi connectivity index (χ1) is 7.67. The van der Waals surface area contributed by atoms with Crippen molar-refractivity contribution in [2.45, 2.75) is 20.4 Å². The number of hydrogen-bond acceptors (Lipinski definition) is 3. The third-order valence-electron chi connectivity index (χ3n) is 2.25. The Hall–Kier alpha value is -1.07. The predicted molar refractivity (Wildman–Crippen MR) is 65.6 cm³/mol. The average molecular weight is 242 g/mol. The van der Waals surface area contributed by atoms with Crippen molar-refractivity contribution in [2.24, 2.45) is 0 Å². The van der Waals surface area contributed by atoms with Gasteiger partial charge in [0.2, 0.25) is 0 Å². The van der Waals surface area contributed by atoms with Crippen LogP contribution in [0, 0.1) is 6.92 Å². The summed E-state index contributed by atoms with van der Waals surface area (Å²) in [4.78, 5) is 15.6. The summed E-state index contributed by atoms with van der Waals surface area (Å²) in [6.45, 7) is 5.48. The van der Waals surface area contributed by atoms with E-state index in [1.165, 1.54) is 4.88 Å². The fourth-order valence-electron chi connectivity index (χ4n) is 1.38. The topological polar surface area (TPSA) is 52.6 Å². The molecular weight excluding hydrogens is 224 g/mol. The number of amides is 2. The molecule has 0 radical (unpaired) electrons. The van der Waals surface area contributed by atoms with Crippen LogP contribution in [0.5, 0.6) is 0 Å². The molecule has 0 unspecified atom stereocenters. The number of carbonyl (C=O) groups is 1. The molecule has 2 N–H and O–H groups in total. The number of likely N-dealkylation sites (N-methyl/N-ethyl adjacent to an activating group) is 1. The van der Waals surface area contributed by atoms with E-state index in [-0.39, 0.29) is 12.6 Å². The van der Waals surface area contributed by atoms with Crippen LogP contribution < -0.4 is 5.32 Å². The summed E-state index contributed by atoms with van der Waals surface area (Å²) >= 11 is 1.68. The zero-order valence-electron chi connectivity index (χ0n) is 9.69. The second kappa shape index (κ2) is 6.50. The van der Waals surface area contributed by atoms with Gasteiger partial charge in [-0.15, -0.1) is 11.3 Å². The van der Waals surface area contributed by atoms with Gasteiger partial charge in [-0.25, -0.2) is 4.79 Å². The average Bonchev–Trinajstić information content (AvgIpc) is 2.68. The number of aliphatic hydroxyl groups excluding tert-OH is 1. The normalized spacial score (nSPS) is 10.2. The lowest BCUT2D eigenvalue weighted by molar-refractivity contribution is 0.180. The monoisotopic (exact) mass is 242 g/mol. The Labute approximate surface area is 99.9 Å². The fraction of sp³-hybridized carbons (Fsp3) is 0.545. The number of thiophene rings is 1. The fourth-order valence-corrected chi connectivity index (χ4v) is 2.21. The lowest BCUT2D eigenvalue weighted by atomic mass is 10.4. The summed E-state index contributed by atoms with van der Waals surface area (Å²) < 4.78 is 0. The Kier molecular flexibility index (Phi) is 5.28. The van der Waals surface area contributed by atoms with E-state index >= 15 is 0 Å². The van der Waals surface area contributed by atoms with Gasteiger partial charge in [-0.3, -0.25) is 0 Å². The van der Waals surface area contributed by atoms with Crippen LogP contribution in [0.1, 0.15) is 16.7 Å². The molecule has 1 aromatic heterocycles. The molecule has 0 spiro atoms. The molecule has 0 aliphatic carbocycles. The Morgan fingerprint density at radius 3 is 2.81 bits per heavy atom. The number of aryl methyl sites for hydroxylation is 1. The van der Waals surface area contributed by atoms with E-state index in [9.17, 15) is 4.79 Å². The first-order valence-corrected chi connectivity index (χ1v) is 6.18. The van der Waals surface area contributed by atoms with Crippen molar-refractivity contribution in [3.05, 3.63) is 21.9 Å². The van der Waals surface area contributed by atoms with Crippen molar-refractivity contribution in [3.8, 4) is 0 Å². The Bertz CT molecular complexity index is 338. The Balaban J connectivity index is 2.39. The maximum atomic E-state index is 11.7. The predicted octanol–water partition coefficient (Wildman–Crippen LogP) is 1.58. The van der Waals surface area contributed by atoms with Crippen LogP contribution in [-0.2, 0) is 6.54 Å². The molecule has 16 heavy (non-hydrogen) atoms. The quantitative estimate of drug-likeness (QED) is 0.823. The molecule has 1 aromatic rings. The lowest BCUT2D eigenvalue weighted by Gasteiger charge is -2.19. The highest BCUT2D eigenvalue weighted by Crippen LogP contribution is 2.14. The van der Waals surface area contributed by atoms with Crippen LogP contribution in [0.4, 0.5) is 4.79 Å². The minimum Gasteiger partial charge on any atom is -0.395 e. The summed E-state index contributed by atoms with van der Waals surface area (Å²) in [7, 11) is 0. The van der Waals surface area contributed by atoms with Crippen molar-refractivity contribution in [2.75, 3.05) is 19.7 Å². The lowest BCUT2D eigenvalue weighted by Crippen LogP contribution is -2.40. The molecule has 0 saturated heterocycles. The zero-order valence-corrected chi connectivity index (χ0v) is 10.5. The number of urea groups is 1. The number of aliphatic hydroxyl groups is 1. The van der Waals surface area contributed by atoms with Gasteiger partial charge in [0.1, 0.15) is 0 Å². The molecule has 0 aliphatic rings. The van der Waals surface area contributed by atoms with Gasteiger partial charge in [0.25, 0.3) is 0 Å². The van der Waals surface area contributed by atoms with Gasteiger partial charge in [0.05, 0.1) is 13.2 Å². The molecule has 1 rings (SSSR count). The van der Waals surface area contributed by atoms with Crippen molar-refractivity contribution in [1.82, 2.24) is 10.2 Å². The Morgan fingerprint density at radius 1 is 1.56 bits per heavy atom. The van der Waals surface area contributed by atoms with E-state index in [4.69, 9.17) is 5.11 Å². The van der Waals surface area contributed by atoms with Crippen LogP contribution in [0.3, 0.4) is 0 Å². The van der Waals surface area contributed by atoms with E-state index in [1.54, 1.807) is 16.2 Å². The molecule has 0 aromatic carbocycles. The summed E-state index contributed by atoms with van der Waals surface area (Å²) in [5, 5.41) is 11.6. The largest absolute Gasteiger partial charge is 0.395 e. The number of carbonyl (C=O) groups excluding carboxylic acids is 1. The van der Waals surface area contributed by atoms with Crippen LogP contribution in [-0.4, -0.2) is 35.7 Å². The SMILES string of the molecule is CCN(CCO)C(=O)NCc1ccc(C)s1. The standard InChI is InChI=1S/C11H18N2O2S/c1-3-13(6-7-14)11(15)12-8-10-5-4-9(2)16-10/h4-5,14H,3,6-8H2,1-2H3,(H,12,15). The van der Waals surface area contributed by atoms with Crippen LogP contribution in [0.2, 0.25) is 0 Å². The second-order valence-corrected chi connectivity index (χ2v) is 4.85. The second-order valence-electron chi connectivity index (χ2n) is 3.47. The molecular formula is C11H18N2O2S. The smallest absolute Gasteiger partial charge is 0.317 e. The van der Waals surface area contributed by atoms with Gasteiger partial charge in [-0.05, 0) is 26.0 Å². The summed E-state index contributed by atoms with van der Waals surface area (Å²) in [6, 6.07) is 3.93. The highest BCUT2D eigenvalue weighted by atomic mass is 32.1. The first-order valence-electron chi connectivity index (χ1n) is 5.36. The third-order valence-corrected chi connectivity index (χ3v) is 3.25. The molecule has 0 saturated carbocycles. The van der Waals surface area contributed by atoms with Crippen LogP contribution in [0.15, 0.2) is 12.1 Å². The van der Waals surface area contributed by atoms with E-state index in [1.807, 2.05) is 26.0 Å². The van der Waals surface area contributed by atoms with Crippen molar-refractivity contribution >= 4 is 17.4 Å². The van der Waals surface area contributed by atoms with Gasteiger partial charge in [0, 0.05) is 22.8 Å². The molecule has 0 aliphatic heterocycles. The molecule has 0 fully saturated rings. The van der Waals surface area contributed by atoms with Gasteiger partial charge in [-0.1, -0.05) is 0 Å². The molecule has 0 atom stereocenters. The minimum atomic E-state index is -0.123. The van der Waals surface area contributed by atoms with E-state index in [0.717, 1.165) is 4.88 Å². The summed E-state index contributed by atoms with van der Waals surface area (Å²) in [6.07, 6.45) is 0. The maximum Gasteiger partial charge on any atom is 0.317 e. The van der Waals surface area contributed by atoms with Crippen molar-refractivity contribution in [3.63, 3.8) is 0 Å². The number of nitrogens with zero attached hydrogens (tertiary/aromatic N) is 1. The molecule has 90 valence electrons. The third kappa shape index (κ3) is 3.83. The highest BCUT2D eigenvalue weighted by molar-refractivity contribution is 7.11. The first kappa shape index (κ1) is 13.0.